The van der Waals surface area contributed by atoms with E-state index < -0.39 is 0 Å². The maximum absolute atomic E-state index is 11.3. The summed E-state index contributed by atoms with van der Waals surface area (Å²) < 4.78 is 26.7. The lowest BCUT2D eigenvalue weighted by molar-refractivity contribution is -0.132. The van der Waals surface area contributed by atoms with Crippen molar-refractivity contribution in [3.63, 3.8) is 0 Å². The lowest BCUT2D eigenvalue weighted by Gasteiger charge is -2.30. The highest BCUT2D eigenvalue weighted by molar-refractivity contribution is 5.95. The van der Waals surface area contributed by atoms with Gasteiger partial charge in [-0.05, 0) is 228 Å². The number of hydrogen-bond donors (Lipinski definition) is 5. The third-order valence-electron chi connectivity index (χ3n) is 18.8. The Morgan fingerprint density at radius 2 is 0.636 bits per heavy atom. The summed E-state index contributed by atoms with van der Waals surface area (Å²) in [6.45, 7) is 47.6. The number of hydrogen-bond acceptors (Lipinski definition) is 15. The van der Waals surface area contributed by atoms with E-state index in [2.05, 4.69) is 146 Å². The van der Waals surface area contributed by atoms with Crippen molar-refractivity contribution < 1.29 is 47.7 Å². The molecule has 0 spiro atoms. The Balaban J connectivity index is 0.000000209. The van der Waals surface area contributed by atoms with Crippen molar-refractivity contribution in [2.45, 2.75) is 193 Å². The Hall–Kier alpha value is -9.31. The van der Waals surface area contributed by atoms with Gasteiger partial charge >= 0.3 is 29.8 Å². The highest BCUT2D eigenvalue weighted by atomic mass is 16.5. The van der Waals surface area contributed by atoms with E-state index in [0.29, 0.717) is 52.9 Å². The van der Waals surface area contributed by atoms with Crippen LogP contribution in [0.3, 0.4) is 0 Å². The summed E-state index contributed by atoms with van der Waals surface area (Å²) in [6.07, 6.45) is 20.2. The summed E-state index contributed by atoms with van der Waals surface area (Å²) in [7, 11) is 2.12. The number of likely N-dealkylation sites (N-methyl/N-ethyl adjacent to an activating group) is 2. The van der Waals surface area contributed by atoms with E-state index in [-0.39, 0.29) is 29.8 Å². The molecule has 0 bridgehead atoms. The number of esters is 5. The number of benzene rings is 5. The molecule has 5 aromatic carbocycles. The molecular formula is C87H122N10O10. The molecule has 0 saturated carbocycles. The first kappa shape index (κ1) is 86.6. The van der Waals surface area contributed by atoms with E-state index in [1.54, 1.807) is 0 Å². The largest absolute Gasteiger partial charge is 0.426 e. The molecule has 20 heteroatoms. The van der Waals surface area contributed by atoms with Crippen LogP contribution in [0.4, 0.5) is 0 Å². The Labute approximate surface area is 635 Å². The molecule has 0 aliphatic heterocycles. The second kappa shape index (κ2) is 44.1. The van der Waals surface area contributed by atoms with Gasteiger partial charge in [-0.2, -0.15) is 0 Å². The summed E-state index contributed by atoms with van der Waals surface area (Å²) in [6, 6.07) is 30.8. The molecule has 0 unspecified atom stereocenters. The molecule has 0 radical (unpaired) electrons. The number of H-pyrrole nitrogens is 5. The quantitative estimate of drug-likeness (QED) is 0.0146. The van der Waals surface area contributed by atoms with Gasteiger partial charge in [0.25, 0.3) is 0 Å². The number of aromatic amines is 5. The molecule has 0 aliphatic rings. The monoisotopic (exact) mass is 1470 g/mol. The van der Waals surface area contributed by atoms with Gasteiger partial charge in [0.05, 0.1) is 0 Å². The molecule has 0 aliphatic carbocycles. The zero-order valence-corrected chi connectivity index (χ0v) is 67.2. The maximum Gasteiger partial charge on any atom is 0.308 e. The Morgan fingerprint density at radius 3 is 0.888 bits per heavy atom. The lowest BCUT2D eigenvalue weighted by Crippen LogP contribution is -2.38. The SMILES string of the molecule is C=CCN(CCC)CCc1c[nH]c2cccc(OC(C)=O)c12.CC(=O)Oc1cccc2[nH]cc(CCN(C(C)C)C(C)C)c12.CC(=O)Oc1cccc2[nH]cc(CCN(C)C(C)C)c12.CCCN(CCC)CCc1c[nH]c2cccc(OC(C)=O)c12.CCN(CCc1c[nH]c2cccc(OC(C)=O)c12)C(C)C. The summed E-state index contributed by atoms with van der Waals surface area (Å²) in [5, 5.41) is 5.09. The Bertz CT molecular complexity index is 4400. The fraction of sp³-hybridized carbons (Fsp3) is 0.460. The standard InChI is InChI=1S/2C18H26N2O2.C18H24N2O2.C17H24N2O2.C16H22N2O2/c1-12(2)20(13(3)4)10-9-15-11-19-16-7-6-8-17(18(15)16)22-14(5)21;2*1-4-10-20(11-5-2)12-9-15-13-19-16-7-6-8-17(18(15)16)22-14(3)21;1-5-19(12(2)3)10-9-14-11-18-15-7-6-8-16(17(14)15)21-13(4)20;1-11(2)18(4)9-8-13-10-17-14-6-5-7-15(16(13)14)20-12(3)19/h6-8,11-13,19H,9-10H2,1-5H3;6-8,13,19H,4-5,9-12H2,1-3H3;4,6-8,13,19H,1,5,9-12H2,2-3H3;6-8,11-12,18H,5,9-10H2,1-4H3;5-7,10-11,17H,8-9H2,1-4H3. The fourth-order valence-corrected chi connectivity index (χ4v) is 13.6. The first-order valence-electron chi connectivity index (χ1n) is 38.3. The number of carbonyl (C=O) groups excluding carboxylic acids is 5. The summed E-state index contributed by atoms with van der Waals surface area (Å²) in [5.74, 6) is 1.77. The molecule has 5 aromatic heterocycles. The summed E-state index contributed by atoms with van der Waals surface area (Å²) in [5.41, 5.74) is 11.0. The number of aromatic nitrogens is 5. The smallest absolute Gasteiger partial charge is 0.308 e. The van der Waals surface area contributed by atoms with Crippen LogP contribution in [0.5, 0.6) is 28.7 Å². The van der Waals surface area contributed by atoms with Gasteiger partial charge < -0.3 is 63.3 Å². The third kappa shape index (κ3) is 26.6. The lowest BCUT2D eigenvalue weighted by atomic mass is 10.1. The van der Waals surface area contributed by atoms with Crippen molar-refractivity contribution >= 4 is 84.4 Å². The molecule has 20 nitrogen and oxygen atoms in total. The van der Waals surface area contributed by atoms with E-state index in [1.807, 2.05) is 128 Å². The molecule has 0 fully saturated rings. The van der Waals surface area contributed by atoms with Crippen LogP contribution in [0.2, 0.25) is 0 Å². The molecular weight excluding hydrogens is 1350 g/mol. The van der Waals surface area contributed by atoms with Crippen molar-refractivity contribution in [1.29, 1.82) is 0 Å². The Morgan fingerprint density at radius 1 is 0.364 bits per heavy atom. The van der Waals surface area contributed by atoms with Gasteiger partial charge in [-0.3, -0.25) is 33.8 Å². The molecule has 0 saturated heterocycles. The van der Waals surface area contributed by atoms with E-state index in [0.717, 1.165) is 158 Å². The van der Waals surface area contributed by atoms with Crippen molar-refractivity contribution in [3.8, 4) is 28.7 Å². The number of carbonyl (C=O) groups is 5. The highest BCUT2D eigenvalue weighted by Gasteiger charge is 2.20. The maximum atomic E-state index is 11.3. The average molecular weight is 1470 g/mol. The number of rotatable bonds is 33. The van der Waals surface area contributed by atoms with Crippen LogP contribution in [0.1, 0.15) is 165 Å². The first-order valence-corrected chi connectivity index (χ1v) is 38.3. The minimum absolute atomic E-state index is 0.279. The van der Waals surface area contributed by atoms with Crippen LogP contribution in [-0.4, -0.2) is 176 Å². The van der Waals surface area contributed by atoms with E-state index in [9.17, 15) is 24.0 Å². The number of nitrogens with zero attached hydrogens (tertiary/aromatic N) is 5. The van der Waals surface area contributed by atoms with E-state index >= 15 is 0 Å². The molecule has 0 atom stereocenters. The van der Waals surface area contributed by atoms with Gasteiger partial charge in [-0.1, -0.05) is 64.1 Å². The summed E-state index contributed by atoms with van der Waals surface area (Å²) >= 11 is 0. The summed E-state index contributed by atoms with van der Waals surface area (Å²) in [4.78, 5) is 84.7. The molecule has 0 amide bonds. The zero-order chi connectivity index (χ0) is 78.3. The van der Waals surface area contributed by atoms with Gasteiger partial charge in [0, 0.05) is 184 Å². The van der Waals surface area contributed by atoms with Crippen molar-refractivity contribution in [2.75, 3.05) is 72.5 Å². The van der Waals surface area contributed by atoms with E-state index in [1.165, 1.54) is 75.3 Å². The van der Waals surface area contributed by atoms with Crippen LogP contribution in [0.25, 0.3) is 54.5 Å². The van der Waals surface area contributed by atoms with Crippen molar-refractivity contribution in [2.24, 2.45) is 0 Å². The normalized spacial score (nSPS) is 11.4. The topological polar surface area (TPSA) is 227 Å². The van der Waals surface area contributed by atoms with Crippen LogP contribution < -0.4 is 23.7 Å². The van der Waals surface area contributed by atoms with Crippen LogP contribution in [0.15, 0.2) is 135 Å². The van der Waals surface area contributed by atoms with Crippen LogP contribution >= 0.6 is 0 Å². The molecule has 580 valence electrons. The van der Waals surface area contributed by atoms with Gasteiger partial charge in [-0.15, -0.1) is 6.58 Å². The molecule has 10 rings (SSSR count). The minimum Gasteiger partial charge on any atom is -0.426 e. The first-order chi connectivity index (χ1) is 51.2. The van der Waals surface area contributed by atoms with Gasteiger partial charge in [0.2, 0.25) is 0 Å². The van der Waals surface area contributed by atoms with Crippen molar-refractivity contribution in [1.82, 2.24) is 49.4 Å². The zero-order valence-electron chi connectivity index (χ0n) is 67.2. The van der Waals surface area contributed by atoms with Crippen LogP contribution in [-0.2, 0) is 56.1 Å². The second-order valence-corrected chi connectivity index (χ2v) is 28.3. The molecule has 10 aromatic rings. The number of ether oxygens (including phenoxy) is 5. The molecule has 5 N–H and O–H groups in total. The predicted octanol–water partition coefficient (Wildman–Crippen LogP) is 17.4. The van der Waals surface area contributed by atoms with Gasteiger partial charge in [-0.25, -0.2) is 0 Å². The number of nitrogens with one attached hydrogen (secondary N) is 5. The molecule has 5 heterocycles. The third-order valence-corrected chi connectivity index (χ3v) is 18.8. The van der Waals surface area contributed by atoms with Gasteiger partial charge in [0.1, 0.15) is 28.7 Å². The van der Waals surface area contributed by atoms with E-state index in [4.69, 9.17) is 23.7 Å². The fourth-order valence-electron chi connectivity index (χ4n) is 13.6. The van der Waals surface area contributed by atoms with Crippen LogP contribution in [0, 0.1) is 0 Å². The second-order valence-electron chi connectivity index (χ2n) is 28.3. The average Bonchev–Trinajstić information content (AvgIpc) is 1.72. The highest BCUT2D eigenvalue weighted by Crippen LogP contribution is 2.35. The van der Waals surface area contributed by atoms with Gasteiger partial charge in [0.15, 0.2) is 0 Å². The van der Waals surface area contributed by atoms with Crippen molar-refractivity contribution in [3.05, 3.63) is 162 Å². The predicted molar refractivity (Wildman–Crippen MR) is 438 cm³/mol. The minimum atomic E-state index is -0.293. The number of fused-ring (bicyclic) bond motifs is 5. The molecule has 107 heavy (non-hydrogen) atoms. The Kier molecular flexibility index (Phi) is 35.7.